The standard InChI is InChI=1S/C39H57N5O9S.C39H55N5O9S/c2*1-25-13-9-10-14-26-15-12-16-27-21-43(23-30(26)27)37(49)53-29-19-31(44(22-29)34(46)32(38(2,3)4)40-36(48)52-24-25)33(45)41-39-20-28(39)17-8-6-5-7-11-18-54(50,51)42-35(39)47/h12,15-16,25,28-29,31-32H,5-11,13-14,17-24H2,1-4H3,(H,40,48)(H,41,45)(H,42,47);8,12,15-17,25,28-29,31-32H,5-7,9-11,13-14,18-24H2,1-4H3,(H,40,48)(H,41,45)(H,42,47)/b;17-8-/t2*25-,28-,29-,31+,32-,39-/m11/s1. The zero-order valence-corrected chi connectivity index (χ0v) is 65.6. The highest BCUT2D eigenvalue weighted by atomic mass is 32.2. The molecule has 10 aliphatic rings. The monoisotopic (exact) mass is 1540 g/mol. The molecule has 2 aromatic rings. The lowest BCUT2D eigenvalue weighted by molar-refractivity contribution is -0.143. The highest BCUT2D eigenvalue weighted by molar-refractivity contribution is 7.90. The van der Waals surface area contributed by atoms with Crippen molar-refractivity contribution in [3.63, 3.8) is 0 Å². The van der Waals surface area contributed by atoms with E-state index in [1.165, 1.54) is 20.9 Å². The van der Waals surface area contributed by atoms with Gasteiger partial charge in [-0.05, 0) is 145 Å². The highest BCUT2D eigenvalue weighted by Gasteiger charge is 2.64. The quantitative estimate of drug-likeness (QED) is 0.124. The Morgan fingerprint density at radius 1 is 0.519 bits per heavy atom. The van der Waals surface area contributed by atoms with Crippen molar-refractivity contribution in [2.45, 2.75) is 270 Å². The van der Waals surface area contributed by atoms with Gasteiger partial charge in [0.1, 0.15) is 47.5 Å². The van der Waals surface area contributed by atoms with Crippen LogP contribution >= 0.6 is 0 Å². The minimum atomic E-state index is -3.94. The van der Waals surface area contributed by atoms with E-state index >= 15 is 0 Å². The van der Waals surface area contributed by atoms with Gasteiger partial charge in [0.25, 0.3) is 11.8 Å². The number of cyclic esters (lactones) is 2. The van der Waals surface area contributed by atoms with Crippen LogP contribution in [0.25, 0.3) is 0 Å². The second kappa shape index (κ2) is 33.7. The van der Waals surface area contributed by atoms with Crippen LogP contribution < -0.4 is 30.7 Å². The molecular weight excluding hydrogens is 1430 g/mol. The van der Waals surface area contributed by atoms with Crippen molar-refractivity contribution in [1.29, 1.82) is 0 Å². The number of benzene rings is 2. The summed E-state index contributed by atoms with van der Waals surface area (Å²) < 4.78 is 78.8. The van der Waals surface area contributed by atoms with Crippen LogP contribution in [0.2, 0.25) is 0 Å². The number of alkyl carbamates (subject to hydrolysis) is 2. The molecule has 10 amide bonds. The number of carbonyl (C=O) groups excluding carboxylic acids is 10. The lowest BCUT2D eigenvalue weighted by atomic mass is 9.85. The molecule has 6 N–H and O–H groups in total. The number of hydrogen-bond donors (Lipinski definition) is 6. The van der Waals surface area contributed by atoms with Crippen LogP contribution in [0.15, 0.2) is 48.6 Å². The van der Waals surface area contributed by atoms with E-state index in [1.54, 1.807) is 51.3 Å². The number of sulfonamides is 2. The third-order valence-electron chi connectivity index (χ3n) is 23.2. The van der Waals surface area contributed by atoms with Gasteiger partial charge in [-0.15, -0.1) is 0 Å². The first-order valence-electron chi connectivity index (χ1n) is 39.1. The number of carbonyl (C=O) groups is 10. The topological polar surface area (TPSA) is 361 Å². The van der Waals surface area contributed by atoms with Crippen LogP contribution in [0.1, 0.15) is 217 Å². The van der Waals surface area contributed by atoms with Crippen LogP contribution in [0.5, 0.6) is 0 Å². The van der Waals surface area contributed by atoms with E-state index in [-0.39, 0.29) is 81.2 Å². The van der Waals surface area contributed by atoms with E-state index in [1.807, 2.05) is 50.3 Å². The molecule has 0 spiro atoms. The predicted octanol–water partition coefficient (Wildman–Crippen LogP) is 8.35. The molecule has 30 heteroatoms. The first-order valence-corrected chi connectivity index (χ1v) is 42.4. The van der Waals surface area contributed by atoms with Gasteiger partial charge in [0, 0.05) is 44.9 Å². The fourth-order valence-electron chi connectivity index (χ4n) is 16.6. The molecule has 2 aliphatic carbocycles. The van der Waals surface area contributed by atoms with E-state index in [2.05, 4.69) is 42.8 Å². The molecule has 12 atom stereocenters. The van der Waals surface area contributed by atoms with E-state index in [4.69, 9.17) is 18.9 Å². The van der Waals surface area contributed by atoms with Crippen LogP contribution in [0, 0.1) is 34.5 Å². The summed E-state index contributed by atoms with van der Waals surface area (Å²) in [6, 6.07) is 7.62. The van der Waals surface area contributed by atoms with Crippen molar-refractivity contribution >= 4 is 79.9 Å². The second-order valence-corrected chi connectivity index (χ2v) is 37.8. The van der Waals surface area contributed by atoms with Gasteiger partial charge >= 0.3 is 24.4 Å². The maximum absolute atomic E-state index is 14.5. The molecule has 2 saturated carbocycles. The van der Waals surface area contributed by atoms with Gasteiger partial charge in [0.05, 0.1) is 37.8 Å². The first kappa shape index (κ1) is 81.0. The zero-order chi connectivity index (χ0) is 77.7. The summed E-state index contributed by atoms with van der Waals surface area (Å²) in [6.45, 7) is 16.4. The molecular formula is C78H112N10O18S2. The van der Waals surface area contributed by atoms with Crippen molar-refractivity contribution in [1.82, 2.24) is 50.3 Å². The molecule has 594 valence electrons. The van der Waals surface area contributed by atoms with Gasteiger partial charge < -0.3 is 50.0 Å². The molecule has 108 heavy (non-hydrogen) atoms. The number of allylic oxidation sites excluding steroid dienone is 1. The van der Waals surface area contributed by atoms with Gasteiger partial charge in [0.15, 0.2) is 0 Å². The van der Waals surface area contributed by atoms with Gasteiger partial charge in [-0.3, -0.25) is 48.0 Å². The Balaban J connectivity index is 0.000000215. The van der Waals surface area contributed by atoms with Crippen molar-refractivity contribution in [2.24, 2.45) is 34.5 Å². The number of aryl methyl sites for hydroxylation is 2. The van der Waals surface area contributed by atoms with Crippen LogP contribution in [-0.4, -0.2) is 182 Å². The van der Waals surface area contributed by atoms with Gasteiger partial charge in [-0.1, -0.05) is 149 Å². The highest BCUT2D eigenvalue weighted by Crippen LogP contribution is 2.49. The smallest absolute Gasteiger partial charge is 0.410 e. The summed E-state index contributed by atoms with van der Waals surface area (Å²) in [6.07, 6.45) is 14.0. The average molecular weight is 1540 g/mol. The summed E-state index contributed by atoms with van der Waals surface area (Å²) in [7, 11) is -7.85. The molecule has 28 nitrogen and oxygen atoms in total. The summed E-state index contributed by atoms with van der Waals surface area (Å²) in [4.78, 5) is 145. The van der Waals surface area contributed by atoms with E-state index in [0.29, 0.717) is 58.3 Å². The van der Waals surface area contributed by atoms with Gasteiger partial charge in [-0.2, -0.15) is 0 Å². The van der Waals surface area contributed by atoms with Crippen molar-refractivity contribution in [3.8, 4) is 0 Å². The van der Waals surface area contributed by atoms with Crippen molar-refractivity contribution in [3.05, 3.63) is 81.9 Å². The summed E-state index contributed by atoms with van der Waals surface area (Å²) >= 11 is 0. The normalized spacial score (nSPS) is 31.5. The number of rotatable bonds is 4. The third-order valence-corrected chi connectivity index (χ3v) is 25.8. The fourth-order valence-corrected chi connectivity index (χ4v) is 18.9. The minimum absolute atomic E-state index is 0.0468. The molecule has 8 aliphatic heterocycles. The number of ether oxygens (including phenoxy) is 4. The average Bonchev–Trinajstić information content (AvgIpc) is 1.58. The Morgan fingerprint density at radius 2 is 0.944 bits per heavy atom. The lowest BCUT2D eigenvalue weighted by Gasteiger charge is -2.35. The molecule has 8 bridgehead atoms. The number of fused-ring (bicyclic) bond motifs is 8. The Bertz CT molecular complexity index is 4010. The summed E-state index contributed by atoms with van der Waals surface area (Å²) in [5.41, 5.74) is 2.09. The van der Waals surface area contributed by atoms with Gasteiger partial charge in [-0.25, -0.2) is 36.0 Å². The molecule has 2 aromatic carbocycles. The summed E-state index contributed by atoms with van der Waals surface area (Å²) in [5, 5.41) is 11.2. The SMILES string of the molecule is C[C@@H]1CCCCc2cccc3c2CN(C3)C(=O)O[C@@H]2C[C@@H](C(=O)N[C@]34C[C@H]3/C=C\CCCCCS(=O)(=O)NC4=O)N(C2)C(=O)[C@H](C(C)(C)C)NC(=O)OC1.C[C@@H]1CCCCc2cccc3c2CN(C3)C(=O)O[C@@H]2C[C@@H](C(=O)N[C@]34C[C@H]3CCCCCCCS(=O)(=O)NC4=O)N(C2)C(=O)[C@H](C(C)(C)C)NC(=O)OC1. The Morgan fingerprint density at radius 3 is 1.43 bits per heavy atom. The second-order valence-electron chi connectivity index (χ2n) is 34.1. The van der Waals surface area contributed by atoms with Crippen LogP contribution in [0.4, 0.5) is 19.2 Å². The number of nitrogens with one attached hydrogen (secondary N) is 6. The number of hydrogen-bond acceptors (Lipinski definition) is 18. The van der Waals surface area contributed by atoms with E-state index < -0.39 is 144 Å². The Hall–Kier alpha value is -8.02. The Kier molecular flexibility index (Phi) is 25.3. The van der Waals surface area contributed by atoms with Crippen molar-refractivity contribution < 1.29 is 83.7 Å². The third kappa shape index (κ3) is 19.8. The molecule has 3 saturated heterocycles. The first-order chi connectivity index (χ1) is 51.1. The maximum Gasteiger partial charge on any atom is 0.410 e. The van der Waals surface area contributed by atoms with Crippen molar-refractivity contribution in [2.75, 3.05) is 37.8 Å². The maximum atomic E-state index is 14.5. The molecule has 8 heterocycles. The molecule has 12 rings (SSSR count). The predicted molar refractivity (Wildman–Crippen MR) is 398 cm³/mol. The molecule has 0 radical (unpaired) electrons. The zero-order valence-electron chi connectivity index (χ0n) is 64.0. The molecule has 5 fully saturated rings. The Labute approximate surface area is 635 Å². The molecule has 0 unspecified atom stereocenters. The van der Waals surface area contributed by atoms with E-state index in [0.717, 1.165) is 106 Å². The largest absolute Gasteiger partial charge is 0.449 e. The van der Waals surface area contributed by atoms with E-state index in [9.17, 15) is 64.8 Å². The van der Waals surface area contributed by atoms with Gasteiger partial charge in [0.2, 0.25) is 43.7 Å². The van der Waals surface area contributed by atoms with Crippen LogP contribution in [0.3, 0.4) is 0 Å². The van der Waals surface area contributed by atoms with Crippen LogP contribution in [-0.2, 0) is 107 Å². The fraction of sp³-hybridized carbons (Fsp3) is 0.692. The summed E-state index contributed by atoms with van der Waals surface area (Å²) in [5.74, 6) is -4.99. The lowest BCUT2D eigenvalue weighted by Crippen LogP contribution is -2.60. The number of nitrogens with zero attached hydrogens (tertiary/aromatic N) is 4. The minimum Gasteiger partial charge on any atom is -0.449 e. The number of amides is 10. The molecule has 0 aromatic heterocycles.